The lowest BCUT2D eigenvalue weighted by molar-refractivity contribution is -0.114. The zero-order valence-electron chi connectivity index (χ0n) is 15.3. The molecule has 1 heterocycles. The fourth-order valence-electron chi connectivity index (χ4n) is 3.12. The predicted octanol–water partition coefficient (Wildman–Crippen LogP) is 3.15. The van der Waals surface area contributed by atoms with Gasteiger partial charge in [0.15, 0.2) is 0 Å². The van der Waals surface area contributed by atoms with Crippen LogP contribution in [-0.2, 0) is 4.79 Å². The van der Waals surface area contributed by atoms with Crippen molar-refractivity contribution in [2.24, 2.45) is 0 Å². The number of nitrogens with zero attached hydrogens (tertiary/aromatic N) is 2. The molecule has 0 radical (unpaired) electrons. The second kappa shape index (κ2) is 8.37. The van der Waals surface area contributed by atoms with Crippen LogP contribution >= 0.6 is 0 Å². The van der Waals surface area contributed by atoms with Crippen molar-refractivity contribution in [1.82, 2.24) is 4.90 Å². The summed E-state index contributed by atoms with van der Waals surface area (Å²) >= 11 is 0. The van der Waals surface area contributed by atoms with E-state index >= 15 is 0 Å². The first-order valence-corrected chi connectivity index (χ1v) is 9.00. The van der Waals surface area contributed by atoms with Gasteiger partial charge in [0.1, 0.15) is 0 Å². The lowest BCUT2D eigenvalue weighted by Gasteiger charge is -2.17. The summed E-state index contributed by atoms with van der Waals surface area (Å²) in [6.45, 7) is 3.63. The molecule has 2 amide bonds. The second-order valence-electron chi connectivity index (χ2n) is 6.62. The van der Waals surface area contributed by atoms with Crippen molar-refractivity contribution in [2.75, 3.05) is 30.3 Å². The molecule has 1 fully saturated rings. The molecule has 138 valence electrons. The predicted molar refractivity (Wildman–Crippen MR) is 105 cm³/mol. The summed E-state index contributed by atoms with van der Waals surface area (Å²) in [6.07, 6.45) is 2.12. The molecular formula is C21H22N4O2. The number of carbonyl (C=O) groups is 2. The van der Waals surface area contributed by atoms with Crippen LogP contribution in [0.15, 0.2) is 42.5 Å². The normalized spacial score (nSPS) is 13.1. The number of benzene rings is 2. The molecule has 0 aliphatic carbocycles. The molecule has 1 aliphatic heterocycles. The maximum Gasteiger partial charge on any atom is 0.254 e. The third kappa shape index (κ3) is 4.64. The Labute approximate surface area is 158 Å². The summed E-state index contributed by atoms with van der Waals surface area (Å²) < 4.78 is 0. The Hall–Kier alpha value is -3.33. The van der Waals surface area contributed by atoms with E-state index in [0.717, 1.165) is 37.2 Å². The van der Waals surface area contributed by atoms with E-state index in [-0.39, 0.29) is 18.4 Å². The van der Waals surface area contributed by atoms with Crippen LogP contribution in [0.25, 0.3) is 0 Å². The average molecular weight is 362 g/mol. The lowest BCUT2D eigenvalue weighted by Crippen LogP contribution is -2.28. The van der Waals surface area contributed by atoms with Gasteiger partial charge in [-0.2, -0.15) is 5.26 Å². The molecule has 2 aromatic rings. The number of hydrogen-bond acceptors (Lipinski definition) is 4. The van der Waals surface area contributed by atoms with Gasteiger partial charge in [-0.1, -0.05) is 0 Å². The van der Waals surface area contributed by atoms with Crippen molar-refractivity contribution in [1.29, 1.82) is 5.26 Å². The number of nitriles is 1. The fraction of sp³-hybridized carbons (Fsp3) is 0.286. The maximum absolute atomic E-state index is 12.5. The molecule has 0 aromatic heterocycles. The van der Waals surface area contributed by atoms with Crippen molar-refractivity contribution >= 4 is 23.2 Å². The van der Waals surface area contributed by atoms with E-state index < -0.39 is 0 Å². The Morgan fingerprint density at radius 2 is 1.74 bits per heavy atom. The Kier molecular flexibility index (Phi) is 5.72. The minimum atomic E-state index is -0.183. The minimum Gasteiger partial charge on any atom is -0.376 e. The van der Waals surface area contributed by atoms with Crippen molar-refractivity contribution in [3.63, 3.8) is 0 Å². The van der Waals surface area contributed by atoms with Crippen LogP contribution < -0.4 is 10.6 Å². The molecule has 3 rings (SSSR count). The molecule has 0 atom stereocenters. The molecule has 0 bridgehead atoms. The number of rotatable bonds is 5. The zero-order chi connectivity index (χ0) is 19.2. The van der Waals surface area contributed by atoms with Crippen LogP contribution in [0.1, 0.15) is 34.3 Å². The molecule has 2 aromatic carbocycles. The lowest BCUT2D eigenvalue weighted by atomic mass is 10.1. The number of nitrogens with one attached hydrogen (secondary N) is 2. The highest BCUT2D eigenvalue weighted by atomic mass is 16.2. The molecule has 6 nitrogen and oxygen atoms in total. The van der Waals surface area contributed by atoms with Crippen LogP contribution in [0.3, 0.4) is 0 Å². The molecule has 6 heteroatoms. The number of anilines is 2. The van der Waals surface area contributed by atoms with Crippen LogP contribution in [0.5, 0.6) is 0 Å². The van der Waals surface area contributed by atoms with Crippen LogP contribution in [-0.4, -0.2) is 36.3 Å². The van der Waals surface area contributed by atoms with E-state index in [1.807, 2.05) is 17.9 Å². The number of likely N-dealkylation sites (tertiary alicyclic amines) is 1. The largest absolute Gasteiger partial charge is 0.376 e. The summed E-state index contributed by atoms with van der Waals surface area (Å²) in [5, 5.41) is 14.6. The SMILES string of the molecule is Cc1cc(NC(=O)CNc2ccc(C#N)cc2)ccc1C(=O)N1CCCC1. The quantitative estimate of drug-likeness (QED) is 0.856. The average Bonchev–Trinajstić information content (AvgIpc) is 3.21. The van der Waals surface area contributed by atoms with Crippen LogP contribution in [0, 0.1) is 18.3 Å². The summed E-state index contributed by atoms with van der Waals surface area (Å²) in [7, 11) is 0. The molecule has 1 aliphatic rings. The smallest absolute Gasteiger partial charge is 0.254 e. The first kappa shape index (κ1) is 18.5. The summed E-state index contributed by atoms with van der Waals surface area (Å²) in [5.74, 6) is -0.122. The molecule has 0 unspecified atom stereocenters. The summed E-state index contributed by atoms with van der Waals surface area (Å²) in [4.78, 5) is 26.5. The van der Waals surface area contributed by atoms with Gasteiger partial charge >= 0.3 is 0 Å². The van der Waals surface area contributed by atoms with Gasteiger partial charge in [0.25, 0.3) is 5.91 Å². The number of carbonyl (C=O) groups excluding carboxylic acids is 2. The van der Waals surface area contributed by atoms with Gasteiger partial charge in [0.2, 0.25) is 5.91 Å². The summed E-state index contributed by atoms with van der Waals surface area (Å²) in [5.41, 5.74) is 3.54. The molecule has 0 saturated carbocycles. The highest BCUT2D eigenvalue weighted by molar-refractivity contribution is 5.98. The van der Waals surface area contributed by atoms with Gasteiger partial charge in [-0.05, 0) is 67.8 Å². The maximum atomic E-state index is 12.5. The van der Waals surface area contributed by atoms with E-state index in [2.05, 4.69) is 16.7 Å². The van der Waals surface area contributed by atoms with Crippen LogP contribution in [0.2, 0.25) is 0 Å². The molecule has 1 saturated heterocycles. The highest BCUT2D eigenvalue weighted by Gasteiger charge is 2.20. The van der Waals surface area contributed by atoms with E-state index in [1.165, 1.54) is 0 Å². The molecule has 27 heavy (non-hydrogen) atoms. The van der Waals surface area contributed by atoms with Crippen molar-refractivity contribution in [2.45, 2.75) is 19.8 Å². The third-order valence-corrected chi connectivity index (χ3v) is 4.60. The highest BCUT2D eigenvalue weighted by Crippen LogP contribution is 2.19. The van der Waals surface area contributed by atoms with Crippen molar-refractivity contribution < 1.29 is 9.59 Å². The van der Waals surface area contributed by atoms with E-state index in [0.29, 0.717) is 16.8 Å². The van der Waals surface area contributed by atoms with Gasteiger partial charge < -0.3 is 15.5 Å². The fourth-order valence-corrected chi connectivity index (χ4v) is 3.12. The van der Waals surface area contributed by atoms with Crippen LogP contribution in [0.4, 0.5) is 11.4 Å². The summed E-state index contributed by atoms with van der Waals surface area (Å²) in [6, 6.07) is 14.3. The van der Waals surface area contributed by atoms with Crippen molar-refractivity contribution in [3.8, 4) is 6.07 Å². The third-order valence-electron chi connectivity index (χ3n) is 4.60. The Balaban J connectivity index is 1.56. The topological polar surface area (TPSA) is 85.2 Å². The molecule has 2 N–H and O–H groups in total. The standard InChI is InChI=1S/C21H22N4O2/c1-15-12-18(8-9-19(15)21(27)25-10-2-3-11-25)24-20(26)14-23-17-6-4-16(13-22)5-7-17/h4-9,12,23H,2-3,10-11,14H2,1H3,(H,24,26). The monoisotopic (exact) mass is 362 g/mol. The first-order chi connectivity index (χ1) is 13.1. The van der Waals surface area contributed by atoms with E-state index in [9.17, 15) is 9.59 Å². The Morgan fingerprint density at radius 1 is 1.07 bits per heavy atom. The molecular weight excluding hydrogens is 340 g/mol. The van der Waals surface area contributed by atoms with Gasteiger partial charge in [0.05, 0.1) is 18.2 Å². The number of aryl methyl sites for hydroxylation is 1. The van der Waals surface area contributed by atoms with E-state index in [1.54, 1.807) is 36.4 Å². The van der Waals surface area contributed by atoms with Gasteiger partial charge in [-0.3, -0.25) is 9.59 Å². The van der Waals surface area contributed by atoms with Gasteiger partial charge in [-0.15, -0.1) is 0 Å². The minimum absolute atomic E-state index is 0.0605. The van der Waals surface area contributed by atoms with Gasteiger partial charge in [0, 0.05) is 30.0 Å². The van der Waals surface area contributed by atoms with Crippen molar-refractivity contribution in [3.05, 3.63) is 59.2 Å². The second-order valence-corrected chi connectivity index (χ2v) is 6.62. The zero-order valence-corrected chi connectivity index (χ0v) is 15.3. The van der Waals surface area contributed by atoms with E-state index in [4.69, 9.17) is 5.26 Å². The first-order valence-electron chi connectivity index (χ1n) is 9.00. The Bertz CT molecular complexity index is 878. The van der Waals surface area contributed by atoms with Gasteiger partial charge in [-0.25, -0.2) is 0 Å². The molecule has 0 spiro atoms. The number of amides is 2. The Morgan fingerprint density at radius 3 is 2.37 bits per heavy atom. The number of hydrogen-bond donors (Lipinski definition) is 2.